The first kappa shape index (κ1) is 22.5. The summed E-state index contributed by atoms with van der Waals surface area (Å²) in [6, 6.07) is 8.40. The smallest absolute Gasteiger partial charge is 0.252 e. The SMILES string of the molecule is O=C(NCCO)c1ccc(N2CCN(Cc3cnc4cc(C5CC5)c(=O)[nH]c4c3)CC2)c(F)c1. The first-order valence-electron chi connectivity index (χ1n) is 11.7. The summed E-state index contributed by atoms with van der Waals surface area (Å²) in [5.41, 5.74) is 4.15. The Balaban J connectivity index is 1.21. The zero-order valence-electron chi connectivity index (χ0n) is 18.9. The van der Waals surface area contributed by atoms with Gasteiger partial charge in [-0.3, -0.25) is 19.5 Å². The van der Waals surface area contributed by atoms with Crippen LogP contribution in [-0.4, -0.2) is 65.2 Å². The van der Waals surface area contributed by atoms with Crippen molar-refractivity contribution in [2.24, 2.45) is 0 Å². The topological polar surface area (TPSA) is 102 Å². The van der Waals surface area contributed by atoms with E-state index in [0.29, 0.717) is 31.2 Å². The number of rotatable bonds is 7. The highest BCUT2D eigenvalue weighted by Crippen LogP contribution is 2.38. The number of fused-ring (bicyclic) bond motifs is 1. The summed E-state index contributed by atoms with van der Waals surface area (Å²) < 4.78 is 14.7. The molecule has 2 aromatic heterocycles. The number of amides is 1. The minimum absolute atomic E-state index is 0.0125. The van der Waals surface area contributed by atoms with Crippen LogP contribution >= 0.6 is 0 Å². The molecule has 0 unspecified atom stereocenters. The number of aromatic nitrogens is 2. The van der Waals surface area contributed by atoms with Gasteiger partial charge in [-0.2, -0.15) is 0 Å². The van der Waals surface area contributed by atoms with Crippen molar-refractivity contribution in [2.75, 3.05) is 44.2 Å². The molecule has 3 aromatic rings. The number of halogens is 1. The number of carbonyl (C=O) groups is 1. The molecule has 0 bridgehead atoms. The lowest BCUT2D eigenvalue weighted by atomic mass is 10.1. The maximum Gasteiger partial charge on any atom is 0.252 e. The number of benzene rings is 1. The fraction of sp³-hybridized carbons (Fsp3) is 0.400. The highest BCUT2D eigenvalue weighted by molar-refractivity contribution is 5.94. The van der Waals surface area contributed by atoms with E-state index in [-0.39, 0.29) is 24.3 Å². The second kappa shape index (κ2) is 9.52. The highest BCUT2D eigenvalue weighted by atomic mass is 19.1. The number of aromatic amines is 1. The maximum absolute atomic E-state index is 14.7. The standard InChI is InChI=1S/C25H28FN5O3/c26-20-12-18(24(33)27-5-10-32)3-4-23(20)31-8-6-30(7-9-31)15-16-11-22-21(28-14-16)13-19(17-1-2-17)25(34)29-22/h3-4,11-14,17,32H,1-2,5-10,15H2,(H,27,33)(H,29,34). The molecule has 0 atom stereocenters. The summed E-state index contributed by atoms with van der Waals surface area (Å²) in [7, 11) is 0. The lowest BCUT2D eigenvalue weighted by Crippen LogP contribution is -2.46. The van der Waals surface area contributed by atoms with Gasteiger partial charge in [-0.25, -0.2) is 4.39 Å². The number of aliphatic hydroxyl groups excluding tert-OH is 1. The van der Waals surface area contributed by atoms with Crippen LogP contribution < -0.4 is 15.8 Å². The number of hydrogen-bond acceptors (Lipinski definition) is 6. The Bertz CT molecular complexity index is 1270. The van der Waals surface area contributed by atoms with Gasteiger partial charge in [0.2, 0.25) is 0 Å². The van der Waals surface area contributed by atoms with Crippen LogP contribution in [0.4, 0.5) is 10.1 Å². The first-order valence-corrected chi connectivity index (χ1v) is 11.7. The molecule has 3 heterocycles. The summed E-state index contributed by atoms with van der Waals surface area (Å²) in [5.74, 6) is -0.452. The lowest BCUT2D eigenvalue weighted by Gasteiger charge is -2.36. The van der Waals surface area contributed by atoms with Gasteiger partial charge in [0.15, 0.2) is 0 Å². The third kappa shape index (κ3) is 4.80. The number of nitrogens with one attached hydrogen (secondary N) is 2. The van der Waals surface area contributed by atoms with E-state index in [4.69, 9.17) is 5.11 Å². The van der Waals surface area contributed by atoms with E-state index in [9.17, 15) is 14.0 Å². The van der Waals surface area contributed by atoms with Crippen LogP contribution in [0.1, 0.15) is 40.2 Å². The van der Waals surface area contributed by atoms with Gasteiger partial charge in [-0.1, -0.05) is 0 Å². The van der Waals surface area contributed by atoms with Crippen molar-refractivity contribution in [3.63, 3.8) is 0 Å². The molecule has 3 N–H and O–H groups in total. The zero-order valence-corrected chi connectivity index (χ0v) is 18.9. The number of aliphatic hydroxyl groups is 1. The van der Waals surface area contributed by atoms with Crippen molar-refractivity contribution in [1.82, 2.24) is 20.2 Å². The molecule has 1 saturated carbocycles. The first-order chi connectivity index (χ1) is 16.5. The van der Waals surface area contributed by atoms with Crippen LogP contribution in [0.25, 0.3) is 11.0 Å². The van der Waals surface area contributed by atoms with E-state index in [1.807, 2.05) is 23.2 Å². The minimum Gasteiger partial charge on any atom is -0.395 e. The fourth-order valence-corrected chi connectivity index (χ4v) is 4.51. The van der Waals surface area contributed by atoms with Crippen molar-refractivity contribution < 1.29 is 14.3 Å². The Kier molecular flexibility index (Phi) is 6.30. The van der Waals surface area contributed by atoms with Crippen LogP contribution in [0.2, 0.25) is 0 Å². The van der Waals surface area contributed by atoms with Crippen molar-refractivity contribution in [3.8, 4) is 0 Å². The second-order valence-corrected chi connectivity index (χ2v) is 9.01. The summed E-state index contributed by atoms with van der Waals surface area (Å²) >= 11 is 0. The normalized spacial score (nSPS) is 16.7. The molecule has 1 saturated heterocycles. The van der Waals surface area contributed by atoms with Gasteiger partial charge in [-0.15, -0.1) is 0 Å². The van der Waals surface area contributed by atoms with Crippen LogP contribution in [0.3, 0.4) is 0 Å². The molecule has 9 heteroatoms. The summed E-state index contributed by atoms with van der Waals surface area (Å²) in [4.78, 5) is 36.2. The van der Waals surface area contributed by atoms with E-state index in [0.717, 1.165) is 48.1 Å². The van der Waals surface area contributed by atoms with Crippen molar-refractivity contribution in [1.29, 1.82) is 0 Å². The van der Waals surface area contributed by atoms with Crippen LogP contribution in [0.5, 0.6) is 0 Å². The van der Waals surface area contributed by atoms with Gasteiger partial charge < -0.3 is 20.3 Å². The van der Waals surface area contributed by atoms with Gasteiger partial charge in [-0.05, 0) is 54.7 Å². The number of carbonyl (C=O) groups excluding carboxylic acids is 1. The quantitative estimate of drug-likeness (QED) is 0.493. The Morgan fingerprint density at radius 3 is 2.68 bits per heavy atom. The molecule has 1 aliphatic carbocycles. The molecule has 34 heavy (non-hydrogen) atoms. The molecule has 1 aliphatic heterocycles. The molecule has 1 aromatic carbocycles. The summed E-state index contributed by atoms with van der Waals surface area (Å²) in [6.07, 6.45) is 4.02. The number of piperazine rings is 1. The third-order valence-electron chi connectivity index (χ3n) is 6.52. The lowest BCUT2D eigenvalue weighted by molar-refractivity contribution is 0.0944. The Morgan fingerprint density at radius 1 is 1.18 bits per heavy atom. The van der Waals surface area contributed by atoms with Gasteiger partial charge in [0.25, 0.3) is 11.5 Å². The molecule has 2 aliphatic rings. The number of H-pyrrole nitrogens is 1. The van der Waals surface area contributed by atoms with Gasteiger partial charge in [0.05, 0.1) is 23.3 Å². The fourth-order valence-electron chi connectivity index (χ4n) is 4.51. The molecular weight excluding hydrogens is 437 g/mol. The zero-order chi connectivity index (χ0) is 23.7. The van der Waals surface area contributed by atoms with Crippen molar-refractivity contribution in [2.45, 2.75) is 25.3 Å². The van der Waals surface area contributed by atoms with E-state index < -0.39 is 11.7 Å². The molecule has 178 valence electrons. The number of pyridine rings is 2. The van der Waals surface area contributed by atoms with Crippen molar-refractivity contribution >= 4 is 22.6 Å². The maximum atomic E-state index is 14.7. The van der Waals surface area contributed by atoms with Crippen LogP contribution in [0, 0.1) is 5.82 Å². The van der Waals surface area contributed by atoms with E-state index in [1.54, 1.807) is 12.1 Å². The monoisotopic (exact) mass is 465 g/mol. The number of nitrogens with zero attached hydrogens (tertiary/aromatic N) is 3. The van der Waals surface area contributed by atoms with Gasteiger partial charge in [0, 0.05) is 56.6 Å². The molecule has 1 amide bonds. The molecule has 0 spiro atoms. The van der Waals surface area contributed by atoms with Crippen LogP contribution in [0.15, 0.2) is 41.3 Å². The predicted molar refractivity (Wildman–Crippen MR) is 128 cm³/mol. The Morgan fingerprint density at radius 2 is 1.97 bits per heavy atom. The Labute approximate surface area is 196 Å². The summed E-state index contributed by atoms with van der Waals surface area (Å²) in [5, 5.41) is 11.3. The second-order valence-electron chi connectivity index (χ2n) is 9.01. The number of hydrogen-bond donors (Lipinski definition) is 3. The predicted octanol–water partition coefficient (Wildman–Crippen LogP) is 1.98. The Hall–Kier alpha value is -3.30. The van der Waals surface area contributed by atoms with Crippen molar-refractivity contribution in [3.05, 3.63) is 69.4 Å². The minimum atomic E-state index is -0.432. The van der Waals surface area contributed by atoms with E-state index in [1.165, 1.54) is 6.07 Å². The van der Waals surface area contributed by atoms with Gasteiger partial charge >= 0.3 is 0 Å². The molecule has 2 fully saturated rings. The molecular formula is C25H28FN5O3. The van der Waals surface area contributed by atoms with Crippen LogP contribution in [-0.2, 0) is 6.54 Å². The average molecular weight is 466 g/mol. The molecule has 5 rings (SSSR count). The largest absolute Gasteiger partial charge is 0.395 e. The van der Waals surface area contributed by atoms with Gasteiger partial charge in [0.1, 0.15) is 5.82 Å². The highest BCUT2D eigenvalue weighted by Gasteiger charge is 2.27. The van der Waals surface area contributed by atoms with E-state index in [2.05, 4.69) is 20.2 Å². The molecule has 8 nitrogen and oxygen atoms in total. The van der Waals surface area contributed by atoms with E-state index >= 15 is 0 Å². The summed E-state index contributed by atoms with van der Waals surface area (Å²) in [6.45, 7) is 3.51. The number of anilines is 1. The average Bonchev–Trinajstić information content (AvgIpc) is 3.68. The molecule has 0 radical (unpaired) electrons. The third-order valence-corrected chi connectivity index (χ3v) is 6.52.